The van der Waals surface area contributed by atoms with E-state index in [9.17, 15) is 9.59 Å². The lowest BCUT2D eigenvalue weighted by atomic mass is 9.95. The summed E-state index contributed by atoms with van der Waals surface area (Å²) in [5, 5.41) is 4.96. The SMILES string of the molecule is CCOC(CNC(=O)C1CCN(C(=O)c2cc3sccc3n2C)CC1)OCC. The van der Waals surface area contributed by atoms with Gasteiger partial charge in [0.25, 0.3) is 5.91 Å². The van der Waals surface area contributed by atoms with Crippen molar-refractivity contribution in [3.05, 3.63) is 23.2 Å². The summed E-state index contributed by atoms with van der Waals surface area (Å²) < 4.78 is 14.0. The Labute approximate surface area is 169 Å². The number of aromatic nitrogens is 1. The largest absolute Gasteiger partial charge is 0.351 e. The van der Waals surface area contributed by atoms with Crippen molar-refractivity contribution in [2.24, 2.45) is 13.0 Å². The van der Waals surface area contributed by atoms with Crippen LogP contribution in [-0.2, 0) is 21.3 Å². The summed E-state index contributed by atoms with van der Waals surface area (Å²) in [6.45, 7) is 6.41. The standard InChI is InChI=1S/C20H29N3O4S/c1-4-26-18(27-5-2)13-21-19(24)14-6-9-23(10-7-14)20(25)16-12-17-15(22(16)3)8-11-28-17/h8,11-12,14,18H,4-7,9-10,13H2,1-3H3,(H,21,24). The van der Waals surface area contributed by atoms with E-state index in [0.29, 0.717) is 51.4 Å². The van der Waals surface area contributed by atoms with Gasteiger partial charge in [0.2, 0.25) is 5.91 Å². The van der Waals surface area contributed by atoms with Crippen LogP contribution < -0.4 is 5.32 Å². The Morgan fingerprint density at radius 1 is 1.25 bits per heavy atom. The molecule has 0 atom stereocenters. The number of thiophene rings is 1. The lowest BCUT2D eigenvalue weighted by Crippen LogP contribution is -2.45. The number of fused-ring (bicyclic) bond motifs is 1. The molecule has 28 heavy (non-hydrogen) atoms. The Kier molecular flexibility index (Phi) is 7.09. The van der Waals surface area contributed by atoms with Crippen molar-refractivity contribution in [3.8, 4) is 0 Å². The van der Waals surface area contributed by atoms with Crippen molar-refractivity contribution in [2.75, 3.05) is 32.8 Å². The normalized spacial score (nSPS) is 15.5. The van der Waals surface area contributed by atoms with Crippen LogP contribution >= 0.6 is 11.3 Å². The van der Waals surface area contributed by atoms with Crippen LogP contribution in [0.15, 0.2) is 17.5 Å². The van der Waals surface area contributed by atoms with E-state index >= 15 is 0 Å². The number of hydrogen-bond donors (Lipinski definition) is 1. The van der Waals surface area contributed by atoms with Crippen LogP contribution in [0.1, 0.15) is 37.2 Å². The van der Waals surface area contributed by atoms with E-state index in [-0.39, 0.29) is 17.7 Å². The van der Waals surface area contributed by atoms with Crippen LogP contribution in [0.25, 0.3) is 10.2 Å². The average Bonchev–Trinajstić information content (AvgIpc) is 3.29. The molecule has 0 radical (unpaired) electrons. The highest BCUT2D eigenvalue weighted by atomic mass is 32.1. The van der Waals surface area contributed by atoms with Gasteiger partial charge in [0.05, 0.1) is 16.8 Å². The Balaban J connectivity index is 1.51. The number of likely N-dealkylation sites (tertiary alicyclic amines) is 1. The van der Waals surface area contributed by atoms with Gasteiger partial charge in [-0.25, -0.2) is 0 Å². The zero-order valence-electron chi connectivity index (χ0n) is 16.8. The van der Waals surface area contributed by atoms with E-state index in [2.05, 4.69) is 5.32 Å². The Morgan fingerprint density at radius 3 is 2.54 bits per heavy atom. The van der Waals surface area contributed by atoms with Gasteiger partial charge in [0.15, 0.2) is 6.29 Å². The number of carbonyl (C=O) groups is 2. The highest BCUT2D eigenvalue weighted by molar-refractivity contribution is 7.17. The second kappa shape index (κ2) is 9.54. The molecule has 154 valence electrons. The van der Waals surface area contributed by atoms with E-state index in [1.165, 1.54) is 0 Å². The number of nitrogens with zero attached hydrogens (tertiary/aromatic N) is 2. The molecule has 3 rings (SSSR count). The van der Waals surface area contributed by atoms with Gasteiger partial charge in [-0.2, -0.15) is 0 Å². The van der Waals surface area contributed by atoms with Crippen molar-refractivity contribution in [2.45, 2.75) is 33.0 Å². The number of piperidine rings is 1. The average molecular weight is 408 g/mol. The molecule has 3 heterocycles. The van der Waals surface area contributed by atoms with Crippen LogP contribution in [0.4, 0.5) is 0 Å². The monoisotopic (exact) mass is 407 g/mol. The second-order valence-electron chi connectivity index (χ2n) is 6.91. The minimum absolute atomic E-state index is 0.0101. The molecule has 2 aromatic heterocycles. The molecule has 0 saturated carbocycles. The Morgan fingerprint density at radius 2 is 1.93 bits per heavy atom. The predicted octanol–water partition coefficient (Wildman–Crippen LogP) is 2.61. The molecule has 1 aliphatic heterocycles. The van der Waals surface area contributed by atoms with Crippen LogP contribution in [0.2, 0.25) is 0 Å². The fraction of sp³-hybridized carbons (Fsp3) is 0.600. The van der Waals surface area contributed by atoms with Crippen molar-refractivity contribution in [1.82, 2.24) is 14.8 Å². The first-order chi connectivity index (χ1) is 13.5. The summed E-state index contributed by atoms with van der Waals surface area (Å²) in [7, 11) is 1.93. The summed E-state index contributed by atoms with van der Waals surface area (Å²) in [6.07, 6.45) is 0.932. The molecule has 0 aromatic carbocycles. The molecule has 1 fully saturated rings. The minimum atomic E-state index is -0.410. The highest BCUT2D eigenvalue weighted by Gasteiger charge is 2.29. The third-order valence-corrected chi connectivity index (χ3v) is 6.04. The first kappa shape index (κ1) is 20.8. The maximum absolute atomic E-state index is 12.9. The highest BCUT2D eigenvalue weighted by Crippen LogP contribution is 2.26. The van der Waals surface area contributed by atoms with E-state index in [4.69, 9.17) is 9.47 Å². The number of hydrogen-bond acceptors (Lipinski definition) is 5. The molecule has 1 aliphatic rings. The fourth-order valence-corrected chi connectivity index (χ4v) is 4.48. The summed E-state index contributed by atoms with van der Waals surface area (Å²) >= 11 is 1.64. The van der Waals surface area contributed by atoms with Gasteiger partial charge in [-0.3, -0.25) is 9.59 Å². The zero-order valence-corrected chi connectivity index (χ0v) is 17.6. The number of carbonyl (C=O) groups excluding carboxylic acids is 2. The quantitative estimate of drug-likeness (QED) is 0.683. The van der Waals surface area contributed by atoms with Gasteiger partial charge < -0.3 is 24.3 Å². The first-order valence-electron chi connectivity index (χ1n) is 9.88. The van der Waals surface area contributed by atoms with Gasteiger partial charge >= 0.3 is 0 Å². The van der Waals surface area contributed by atoms with Crippen molar-refractivity contribution in [3.63, 3.8) is 0 Å². The molecule has 0 bridgehead atoms. The van der Waals surface area contributed by atoms with Gasteiger partial charge in [-0.15, -0.1) is 11.3 Å². The van der Waals surface area contributed by atoms with E-state index < -0.39 is 6.29 Å². The molecule has 2 aromatic rings. The van der Waals surface area contributed by atoms with Crippen molar-refractivity contribution >= 4 is 33.4 Å². The van der Waals surface area contributed by atoms with E-state index in [0.717, 1.165) is 10.2 Å². The molecule has 1 N–H and O–H groups in total. The Hall–Kier alpha value is -1.90. The third-order valence-electron chi connectivity index (χ3n) is 5.18. The Bertz CT molecular complexity index is 802. The van der Waals surface area contributed by atoms with Crippen LogP contribution in [0, 0.1) is 5.92 Å². The summed E-state index contributed by atoms with van der Waals surface area (Å²) in [4.78, 5) is 27.2. The molecule has 0 aliphatic carbocycles. The maximum atomic E-state index is 12.9. The number of ether oxygens (including phenoxy) is 2. The van der Waals surface area contributed by atoms with Crippen LogP contribution in [0.3, 0.4) is 0 Å². The van der Waals surface area contributed by atoms with Gasteiger partial charge in [-0.1, -0.05) is 0 Å². The van der Waals surface area contributed by atoms with Crippen molar-refractivity contribution in [1.29, 1.82) is 0 Å². The van der Waals surface area contributed by atoms with Gasteiger partial charge in [-0.05, 0) is 44.2 Å². The molecule has 8 heteroatoms. The summed E-state index contributed by atoms with van der Waals surface area (Å²) in [6, 6.07) is 3.99. The zero-order chi connectivity index (χ0) is 20.1. The van der Waals surface area contributed by atoms with Gasteiger partial charge in [0.1, 0.15) is 5.69 Å². The smallest absolute Gasteiger partial charge is 0.270 e. The van der Waals surface area contributed by atoms with Crippen LogP contribution in [-0.4, -0.2) is 60.4 Å². The molecular formula is C20H29N3O4S. The topological polar surface area (TPSA) is 72.8 Å². The lowest BCUT2D eigenvalue weighted by Gasteiger charge is -2.31. The molecule has 7 nitrogen and oxygen atoms in total. The number of aryl methyl sites for hydroxylation is 1. The van der Waals surface area contributed by atoms with Crippen LogP contribution in [0.5, 0.6) is 0 Å². The molecule has 0 unspecified atom stereocenters. The number of nitrogens with one attached hydrogen (secondary N) is 1. The summed E-state index contributed by atoms with van der Waals surface area (Å²) in [5.74, 6) is -0.0294. The second-order valence-corrected chi connectivity index (χ2v) is 7.86. The molecule has 1 saturated heterocycles. The van der Waals surface area contributed by atoms with E-state index in [1.54, 1.807) is 11.3 Å². The fourth-order valence-electron chi connectivity index (χ4n) is 3.63. The summed E-state index contributed by atoms with van der Waals surface area (Å²) in [5.41, 5.74) is 1.79. The van der Waals surface area contributed by atoms with Gasteiger partial charge in [0, 0.05) is 39.3 Å². The predicted molar refractivity (Wildman–Crippen MR) is 109 cm³/mol. The number of rotatable bonds is 8. The third kappa shape index (κ3) is 4.56. The first-order valence-corrected chi connectivity index (χ1v) is 10.8. The maximum Gasteiger partial charge on any atom is 0.270 e. The molecule has 2 amide bonds. The number of amides is 2. The molecular weight excluding hydrogens is 378 g/mol. The minimum Gasteiger partial charge on any atom is -0.351 e. The molecule has 0 spiro atoms. The van der Waals surface area contributed by atoms with Crippen molar-refractivity contribution < 1.29 is 19.1 Å². The lowest BCUT2D eigenvalue weighted by molar-refractivity contribution is -0.142. The van der Waals surface area contributed by atoms with E-state index in [1.807, 2.05) is 47.9 Å².